The second kappa shape index (κ2) is 10.4. The van der Waals surface area contributed by atoms with Crippen LogP contribution < -0.4 is 0 Å². The summed E-state index contributed by atoms with van der Waals surface area (Å²) in [5.74, 6) is 1.42. The average Bonchev–Trinajstić information content (AvgIpc) is 3.08. The van der Waals surface area contributed by atoms with Crippen LogP contribution in [-0.4, -0.2) is 32.1 Å². The van der Waals surface area contributed by atoms with Gasteiger partial charge in [0.25, 0.3) is 0 Å². The highest BCUT2D eigenvalue weighted by molar-refractivity contribution is 7.98. The van der Waals surface area contributed by atoms with Crippen LogP contribution in [0.4, 0.5) is 0 Å². The van der Waals surface area contributed by atoms with E-state index < -0.39 is 10.8 Å². The van der Waals surface area contributed by atoms with Crippen LogP contribution in [0.15, 0.2) is 47.6 Å². The number of halogens is 2. The Labute approximate surface area is 191 Å². The molecule has 0 saturated carbocycles. The van der Waals surface area contributed by atoms with Gasteiger partial charge in [-0.25, -0.2) is 4.79 Å². The average molecular weight is 484 g/mol. The van der Waals surface area contributed by atoms with E-state index in [1.54, 1.807) is 30.3 Å². The molecule has 10 heteroatoms. The molecule has 0 aliphatic rings. The summed E-state index contributed by atoms with van der Waals surface area (Å²) < 4.78 is 19.1. The summed E-state index contributed by atoms with van der Waals surface area (Å²) in [4.78, 5) is 11.5. The van der Waals surface area contributed by atoms with Crippen molar-refractivity contribution >= 4 is 51.7 Å². The number of rotatable bonds is 8. The van der Waals surface area contributed by atoms with E-state index >= 15 is 0 Å². The van der Waals surface area contributed by atoms with Crippen molar-refractivity contribution in [2.24, 2.45) is 7.05 Å². The van der Waals surface area contributed by atoms with E-state index in [9.17, 15) is 9.00 Å². The Balaban J connectivity index is 1.60. The smallest absolute Gasteiger partial charge is 0.337 e. The number of thioether (sulfide) groups is 1. The number of aromatic nitrogens is 3. The van der Waals surface area contributed by atoms with E-state index in [0.29, 0.717) is 32.7 Å². The third-order valence-electron chi connectivity index (χ3n) is 4.33. The fraction of sp³-hybridized carbons (Fsp3) is 0.250. The number of carbonyl (C=O) groups is 1. The van der Waals surface area contributed by atoms with Gasteiger partial charge < -0.3 is 9.30 Å². The van der Waals surface area contributed by atoms with Gasteiger partial charge in [-0.15, -0.1) is 10.2 Å². The van der Waals surface area contributed by atoms with E-state index in [1.165, 1.54) is 18.9 Å². The minimum atomic E-state index is -1.23. The molecular formula is C20H19Cl2N3O3S2. The Morgan fingerprint density at radius 1 is 1.10 bits per heavy atom. The summed E-state index contributed by atoms with van der Waals surface area (Å²) >= 11 is 13.8. The van der Waals surface area contributed by atoms with Crippen molar-refractivity contribution in [3.63, 3.8) is 0 Å². The van der Waals surface area contributed by atoms with Crippen molar-refractivity contribution < 1.29 is 13.7 Å². The third kappa shape index (κ3) is 5.63. The molecule has 0 saturated heterocycles. The van der Waals surface area contributed by atoms with Gasteiger partial charge in [-0.2, -0.15) is 0 Å². The lowest BCUT2D eigenvalue weighted by atomic mass is 10.1. The Bertz CT molecular complexity index is 1050. The minimum absolute atomic E-state index is 0.249. The zero-order valence-electron chi connectivity index (χ0n) is 16.3. The van der Waals surface area contributed by atoms with E-state index in [-0.39, 0.29) is 17.5 Å². The molecule has 0 aliphatic heterocycles. The van der Waals surface area contributed by atoms with Crippen molar-refractivity contribution in [2.45, 2.75) is 22.4 Å². The quantitative estimate of drug-likeness (QED) is 0.342. The minimum Gasteiger partial charge on any atom is -0.465 e. The molecule has 0 fully saturated rings. The number of ether oxygens (including phenoxy) is 1. The molecule has 0 N–H and O–H groups in total. The zero-order valence-corrected chi connectivity index (χ0v) is 19.4. The molecule has 1 unspecified atom stereocenters. The predicted octanol–water partition coefficient (Wildman–Crippen LogP) is 4.65. The second-order valence-electron chi connectivity index (χ2n) is 6.36. The molecule has 0 bridgehead atoms. The summed E-state index contributed by atoms with van der Waals surface area (Å²) in [5.41, 5.74) is 2.22. The maximum Gasteiger partial charge on any atom is 0.337 e. The molecule has 2 aromatic carbocycles. The van der Waals surface area contributed by atoms with Crippen molar-refractivity contribution in [3.05, 3.63) is 75.0 Å². The molecule has 3 aromatic rings. The van der Waals surface area contributed by atoms with Crippen LogP contribution in [-0.2, 0) is 39.8 Å². The second-order valence-corrected chi connectivity index (χ2v) is 9.58. The number of benzene rings is 2. The summed E-state index contributed by atoms with van der Waals surface area (Å²) in [6, 6.07) is 12.4. The number of carbonyl (C=O) groups excluding carboxylic acids is 1. The molecule has 1 atom stereocenters. The molecule has 0 aliphatic carbocycles. The molecular weight excluding hydrogens is 465 g/mol. The number of methoxy groups -OCH3 is 1. The van der Waals surface area contributed by atoms with Crippen LogP contribution in [0, 0.1) is 0 Å². The number of nitrogens with zero attached hydrogens (tertiary/aromatic N) is 3. The van der Waals surface area contributed by atoms with Gasteiger partial charge in [-0.3, -0.25) is 4.21 Å². The molecule has 0 radical (unpaired) electrons. The molecule has 3 rings (SSSR count). The third-order valence-corrected chi connectivity index (χ3v) is 7.32. The molecule has 1 heterocycles. The van der Waals surface area contributed by atoms with Gasteiger partial charge >= 0.3 is 5.97 Å². The van der Waals surface area contributed by atoms with E-state index in [2.05, 4.69) is 10.2 Å². The van der Waals surface area contributed by atoms with Crippen molar-refractivity contribution in [3.8, 4) is 0 Å². The van der Waals surface area contributed by atoms with Crippen molar-refractivity contribution in [1.82, 2.24) is 14.8 Å². The van der Waals surface area contributed by atoms with Gasteiger partial charge in [0.1, 0.15) is 5.82 Å². The summed E-state index contributed by atoms with van der Waals surface area (Å²) in [6.07, 6.45) is 0. The standard InChI is InChI=1S/C20H19Cl2N3O3S2/c1-25-18(12-30(27)11-15-16(21)4-3-5-17(15)22)23-24-20(25)29-10-13-6-8-14(9-7-13)19(26)28-2/h3-9H,10-12H2,1-2H3. The van der Waals surface area contributed by atoms with Crippen LogP contribution in [0.1, 0.15) is 27.3 Å². The summed E-state index contributed by atoms with van der Waals surface area (Å²) in [7, 11) is 1.97. The maximum atomic E-state index is 12.6. The SMILES string of the molecule is COC(=O)c1ccc(CSc2nnc(CS(=O)Cc3c(Cl)cccc3Cl)n2C)cc1. The number of hydrogen-bond acceptors (Lipinski definition) is 6. The van der Waals surface area contributed by atoms with Gasteiger partial charge in [0.2, 0.25) is 0 Å². The lowest BCUT2D eigenvalue weighted by molar-refractivity contribution is 0.0600. The van der Waals surface area contributed by atoms with Crippen LogP contribution in [0.3, 0.4) is 0 Å². The van der Waals surface area contributed by atoms with Gasteiger partial charge in [-0.1, -0.05) is 53.2 Å². The van der Waals surface area contributed by atoms with E-state index in [1.807, 2.05) is 23.7 Å². The first kappa shape index (κ1) is 22.8. The van der Waals surface area contributed by atoms with E-state index in [0.717, 1.165) is 10.7 Å². The Morgan fingerprint density at radius 3 is 2.40 bits per heavy atom. The highest BCUT2D eigenvalue weighted by Crippen LogP contribution is 2.27. The zero-order chi connectivity index (χ0) is 21.7. The fourth-order valence-corrected chi connectivity index (χ4v) is 5.48. The summed E-state index contributed by atoms with van der Waals surface area (Å²) in [6.45, 7) is 0. The first-order chi connectivity index (χ1) is 14.4. The normalized spacial score (nSPS) is 12.0. The topological polar surface area (TPSA) is 74.1 Å². The monoisotopic (exact) mass is 483 g/mol. The number of hydrogen-bond donors (Lipinski definition) is 0. The lowest BCUT2D eigenvalue weighted by Gasteiger charge is -2.07. The molecule has 1 aromatic heterocycles. The molecule has 0 spiro atoms. The Hall–Kier alpha value is -1.87. The first-order valence-corrected chi connectivity index (χ1v) is 12.1. The van der Waals surface area contributed by atoms with Crippen LogP contribution in [0.5, 0.6) is 0 Å². The molecule has 0 amide bonds. The van der Waals surface area contributed by atoms with Gasteiger partial charge in [-0.05, 0) is 29.8 Å². The summed E-state index contributed by atoms with van der Waals surface area (Å²) in [5, 5.41) is 10.1. The van der Waals surface area contributed by atoms with Crippen molar-refractivity contribution in [1.29, 1.82) is 0 Å². The molecule has 30 heavy (non-hydrogen) atoms. The van der Waals surface area contributed by atoms with Crippen LogP contribution >= 0.6 is 35.0 Å². The van der Waals surface area contributed by atoms with Crippen LogP contribution in [0.2, 0.25) is 10.0 Å². The first-order valence-electron chi connectivity index (χ1n) is 8.85. The highest BCUT2D eigenvalue weighted by Gasteiger charge is 2.15. The Kier molecular flexibility index (Phi) is 7.93. The van der Waals surface area contributed by atoms with Crippen LogP contribution in [0.25, 0.3) is 0 Å². The highest BCUT2D eigenvalue weighted by atomic mass is 35.5. The lowest BCUT2D eigenvalue weighted by Crippen LogP contribution is -2.06. The van der Waals surface area contributed by atoms with Crippen molar-refractivity contribution in [2.75, 3.05) is 7.11 Å². The van der Waals surface area contributed by atoms with E-state index in [4.69, 9.17) is 27.9 Å². The fourth-order valence-electron chi connectivity index (χ4n) is 2.63. The largest absolute Gasteiger partial charge is 0.465 e. The number of esters is 1. The van der Waals surface area contributed by atoms with Gasteiger partial charge in [0.15, 0.2) is 5.16 Å². The predicted molar refractivity (Wildman–Crippen MR) is 120 cm³/mol. The molecule has 6 nitrogen and oxygen atoms in total. The molecule has 158 valence electrons. The Morgan fingerprint density at radius 2 is 1.77 bits per heavy atom. The van der Waals surface area contributed by atoms with Gasteiger partial charge in [0, 0.05) is 39.2 Å². The maximum absolute atomic E-state index is 12.6. The van der Waals surface area contributed by atoms with Gasteiger partial charge in [0.05, 0.1) is 24.2 Å².